The zero-order valence-electron chi connectivity index (χ0n) is 14.3. The number of nitrogens with one attached hydrogen (secondary N) is 1. The van der Waals surface area contributed by atoms with E-state index in [4.69, 9.17) is 21.2 Å². The molecule has 27 heavy (non-hydrogen) atoms. The number of aryl methyl sites for hydroxylation is 1. The number of halogens is 1. The Kier molecular flexibility index (Phi) is 5.38. The summed E-state index contributed by atoms with van der Waals surface area (Å²) in [7, 11) is 0. The molecule has 0 saturated carbocycles. The Morgan fingerprint density at radius 1 is 1.19 bits per heavy atom. The molecular formula is C20H15ClN2O4. The molecule has 0 spiro atoms. The molecule has 1 heterocycles. The van der Waals surface area contributed by atoms with Crippen LogP contribution in [-0.4, -0.2) is 22.1 Å². The van der Waals surface area contributed by atoms with E-state index >= 15 is 0 Å². The number of amides is 1. The Morgan fingerprint density at radius 3 is 2.70 bits per heavy atom. The monoisotopic (exact) mass is 382 g/mol. The van der Waals surface area contributed by atoms with Crippen LogP contribution in [0.4, 0.5) is 5.69 Å². The number of hydrogen-bond acceptors (Lipinski definition) is 4. The number of benzene rings is 2. The standard InChI is InChI=1S/C20H15ClN2O4/c1-12-18(19(23-27-12)15-7-2-3-8-16(15)21)20(26)22-14-6-4-5-13(11-14)9-10-17(24)25/h2-11H,1H3,(H,22,26)(H,24,25)/b10-9+. The molecular weight excluding hydrogens is 368 g/mol. The molecule has 0 aliphatic carbocycles. The highest BCUT2D eigenvalue weighted by Crippen LogP contribution is 2.31. The highest BCUT2D eigenvalue weighted by atomic mass is 35.5. The molecule has 0 unspecified atom stereocenters. The average Bonchev–Trinajstić information content (AvgIpc) is 3.02. The predicted molar refractivity (Wildman–Crippen MR) is 103 cm³/mol. The van der Waals surface area contributed by atoms with Gasteiger partial charge in [-0.05, 0) is 36.8 Å². The van der Waals surface area contributed by atoms with Crippen molar-refractivity contribution in [1.29, 1.82) is 0 Å². The molecule has 7 heteroatoms. The minimum absolute atomic E-state index is 0.287. The number of carbonyl (C=O) groups is 2. The van der Waals surface area contributed by atoms with Gasteiger partial charge in [0.25, 0.3) is 5.91 Å². The largest absolute Gasteiger partial charge is 0.478 e. The molecule has 1 aromatic heterocycles. The molecule has 1 amide bonds. The zero-order chi connectivity index (χ0) is 19.4. The number of carboxylic acid groups (broad SMARTS) is 1. The highest BCUT2D eigenvalue weighted by molar-refractivity contribution is 6.33. The fourth-order valence-corrected chi connectivity index (χ4v) is 2.78. The van der Waals surface area contributed by atoms with Crippen LogP contribution in [0.15, 0.2) is 59.1 Å². The third-order valence-electron chi connectivity index (χ3n) is 3.78. The van der Waals surface area contributed by atoms with Gasteiger partial charge in [0.1, 0.15) is 17.0 Å². The number of nitrogens with zero attached hydrogens (tertiary/aromatic N) is 1. The van der Waals surface area contributed by atoms with E-state index in [9.17, 15) is 9.59 Å². The van der Waals surface area contributed by atoms with Crippen molar-refractivity contribution >= 4 is 35.2 Å². The smallest absolute Gasteiger partial charge is 0.328 e. The van der Waals surface area contributed by atoms with E-state index in [-0.39, 0.29) is 5.56 Å². The summed E-state index contributed by atoms with van der Waals surface area (Å²) in [5.74, 6) is -1.08. The van der Waals surface area contributed by atoms with Gasteiger partial charge in [0.2, 0.25) is 0 Å². The van der Waals surface area contributed by atoms with Gasteiger partial charge < -0.3 is 14.9 Å². The van der Waals surface area contributed by atoms with Gasteiger partial charge in [-0.25, -0.2) is 4.79 Å². The molecule has 0 bridgehead atoms. The van der Waals surface area contributed by atoms with E-state index < -0.39 is 11.9 Å². The summed E-state index contributed by atoms with van der Waals surface area (Å²) in [5.41, 5.74) is 2.40. The van der Waals surface area contributed by atoms with E-state index in [0.29, 0.717) is 33.3 Å². The maximum absolute atomic E-state index is 12.8. The van der Waals surface area contributed by atoms with Gasteiger partial charge >= 0.3 is 5.97 Å². The molecule has 3 aromatic rings. The van der Waals surface area contributed by atoms with Gasteiger partial charge in [0.05, 0.1) is 5.02 Å². The van der Waals surface area contributed by atoms with Crippen LogP contribution in [0.1, 0.15) is 21.7 Å². The number of aliphatic carboxylic acids is 1. The second kappa shape index (κ2) is 7.88. The van der Waals surface area contributed by atoms with Crippen LogP contribution in [0.5, 0.6) is 0 Å². The topological polar surface area (TPSA) is 92.4 Å². The summed E-state index contributed by atoms with van der Waals surface area (Å²) in [6, 6.07) is 13.9. The lowest BCUT2D eigenvalue weighted by Gasteiger charge is -2.07. The van der Waals surface area contributed by atoms with Crippen molar-refractivity contribution < 1.29 is 19.2 Å². The number of carbonyl (C=O) groups excluding carboxylic acids is 1. The van der Waals surface area contributed by atoms with Crippen molar-refractivity contribution in [3.63, 3.8) is 0 Å². The Bertz CT molecular complexity index is 1040. The first-order valence-electron chi connectivity index (χ1n) is 7.99. The Balaban J connectivity index is 1.90. The van der Waals surface area contributed by atoms with Crippen LogP contribution < -0.4 is 5.32 Å². The van der Waals surface area contributed by atoms with Gasteiger partial charge in [-0.2, -0.15) is 0 Å². The molecule has 0 fully saturated rings. The van der Waals surface area contributed by atoms with Gasteiger partial charge in [-0.3, -0.25) is 4.79 Å². The van der Waals surface area contributed by atoms with Crippen LogP contribution in [0.3, 0.4) is 0 Å². The second-order valence-corrected chi connectivity index (χ2v) is 6.10. The molecule has 0 aliphatic heterocycles. The molecule has 0 radical (unpaired) electrons. The number of hydrogen-bond donors (Lipinski definition) is 2. The maximum atomic E-state index is 12.8. The van der Waals surface area contributed by atoms with E-state index in [1.54, 1.807) is 55.5 Å². The van der Waals surface area contributed by atoms with Gasteiger partial charge in [-0.1, -0.05) is 47.1 Å². The minimum Gasteiger partial charge on any atom is -0.478 e. The lowest BCUT2D eigenvalue weighted by atomic mass is 10.1. The Hall–Kier alpha value is -3.38. The van der Waals surface area contributed by atoms with E-state index in [1.807, 2.05) is 0 Å². The summed E-state index contributed by atoms with van der Waals surface area (Å²) in [6.45, 7) is 1.65. The summed E-state index contributed by atoms with van der Waals surface area (Å²) in [5, 5.41) is 15.9. The van der Waals surface area contributed by atoms with Crippen molar-refractivity contribution in [3.8, 4) is 11.3 Å². The molecule has 0 aliphatic rings. The molecule has 2 aromatic carbocycles. The first kappa shape index (κ1) is 18.4. The van der Waals surface area contributed by atoms with Crippen molar-refractivity contribution in [1.82, 2.24) is 5.16 Å². The van der Waals surface area contributed by atoms with E-state index in [2.05, 4.69) is 10.5 Å². The van der Waals surface area contributed by atoms with Gasteiger partial charge in [0.15, 0.2) is 0 Å². The first-order valence-corrected chi connectivity index (χ1v) is 8.37. The van der Waals surface area contributed by atoms with Crippen molar-refractivity contribution in [2.75, 3.05) is 5.32 Å². The minimum atomic E-state index is -1.05. The quantitative estimate of drug-likeness (QED) is 0.626. The molecule has 6 nitrogen and oxygen atoms in total. The molecule has 136 valence electrons. The summed E-state index contributed by atoms with van der Waals surface area (Å²) in [4.78, 5) is 23.5. The lowest BCUT2D eigenvalue weighted by Crippen LogP contribution is -2.13. The summed E-state index contributed by atoms with van der Waals surface area (Å²) in [6.07, 6.45) is 2.47. The van der Waals surface area contributed by atoms with Crippen molar-refractivity contribution in [3.05, 3.63) is 76.5 Å². The van der Waals surface area contributed by atoms with Crippen LogP contribution in [0.2, 0.25) is 5.02 Å². The third kappa shape index (κ3) is 4.24. The van der Waals surface area contributed by atoms with Crippen LogP contribution in [-0.2, 0) is 4.79 Å². The number of rotatable bonds is 5. The molecule has 3 rings (SSSR count). The normalized spacial score (nSPS) is 10.9. The summed E-state index contributed by atoms with van der Waals surface area (Å²) >= 11 is 6.22. The van der Waals surface area contributed by atoms with Crippen molar-refractivity contribution in [2.24, 2.45) is 0 Å². The Labute approximate surface area is 160 Å². The van der Waals surface area contributed by atoms with Gasteiger partial charge in [0, 0.05) is 17.3 Å². The molecule has 0 atom stereocenters. The van der Waals surface area contributed by atoms with Crippen molar-refractivity contribution in [2.45, 2.75) is 6.92 Å². The summed E-state index contributed by atoms with van der Waals surface area (Å²) < 4.78 is 5.21. The average molecular weight is 383 g/mol. The van der Waals surface area contributed by atoms with Crippen LogP contribution in [0, 0.1) is 6.92 Å². The number of carboxylic acids is 1. The predicted octanol–water partition coefficient (Wildman–Crippen LogP) is 4.65. The highest BCUT2D eigenvalue weighted by Gasteiger charge is 2.23. The number of anilines is 1. The fraction of sp³-hybridized carbons (Fsp3) is 0.0500. The Morgan fingerprint density at radius 2 is 1.96 bits per heavy atom. The molecule has 2 N–H and O–H groups in total. The molecule has 0 saturated heterocycles. The van der Waals surface area contributed by atoms with E-state index in [1.165, 1.54) is 6.08 Å². The SMILES string of the molecule is Cc1onc(-c2ccccc2Cl)c1C(=O)Nc1cccc(/C=C/C(=O)O)c1. The fourth-order valence-electron chi connectivity index (χ4n) is 2.56. The van der Waals surface area contributed by atoms with Gasteiger partial charge in [-0.15, -0.1) is 0 Å². The first-order chi connectivity index (χ1) is 13.0. The second-order valence-electron chi connectivity index (χ2n) is 5.69. The lowest BCUT2D eigenvalue weighted by molar-refractivity contribution is -0.131. The maximum Gasteiger partial charge on any atom is 0.328 e. The van der Waals surface area contributed by atoms with Crippen LogP contribution >= 0.6 is 11.6 Å². The number of aromatic nitrogens is 1. The van der Waals surface area contributed by atoms with E-state index in [0.717, 1.165) is 6.08 Å². The van der Waals surface area contributed by atoms with Crippen LogP contribution in [0.25, 0.3) is 17.3 Å². The third-order valence-corrected chi connectivity index (χ3v) is 4.11. The zero-order valence-corrected chi connectivity index (χ0v) is 15.0.